The standard InChI is InChI=1S/C22H20N4O3/c1-13(2)16-9-4-5-10-18(16)26-19(12-17(25-26)22(27)28)21-24-23-20(29-21)15-8-6-7-14(3)11-15/h4-13H,1-3H3,(H,27,28). The molecular weight excluding hydrogens is 368 g/mol. The summed E-state index contributed by atoms with van der Waals surface area (Å²) in [6.45, 7) is 6.13. The van der Waals surface area contributed by atoms with Crippen LogP contribution in [0.4, 0.5) is 0 Å². The van der Waals surface area contributed by atoms with Crippen LogP contribution in [0.5, 0.6) is 0 Å². The van der Waals surface area contributed by atoms with Crippen LogP contribution in [0.15, 0.2) is 59.0 Å². The number of carbonyl (C=O) groups is 1. The number of aromatic carboxylic acids is 1. The summed E-state index contributed by atoms with van der Waals surface area (Å²) >= 11 is 0. The maximum Gasteiger partial charge on any atom is 0.356 e. The zero-order valence-corrected chi connectivity index (χ0v) is 16.3. The minimum absolute atomic E-state index is 0.0890. The minimum atomic E-state index is -1.12. The Kier molecular flexibility index (Phi) is 4.72. The fourth-order valence-electron chi connectivity index (χ4n) is 3.21. The van der Waals surface area contributed by atoms with Crippen molar-refractivity contribution in [1.29, 1.82) is 0 Å². The third kappa shape index (κ3) is 3.54. The molecule has 0 spiro atoms. The van der Waals surface area contributed by atoms with Gasteiger partial charge in [-0.25, -0.2) is 9.48 Å². The molecule has 0 fully saturated rings. The number of nitrogens with zero attached hydrogens (tertiary/aromatic N) is 4. The number of aromatic nitrogens is 4. The first-order valence-electron chi connectivity index (χ1n) is 9.27. The molecule has 0 unspecified atom stereocenters. The summed E-state index contributed by atoms with van der Waals surface area (Å²) in [6.07, 6.45) is 0. The molecule has 0 radical (unpaired) electrons. The summed E-state index contributed by atoms with van der Waals surface area (Å²) in [6, 6.07) is 16.9. The van der Waals surface area contributed by atoms with Crippen LogP contribution in [0.2, 0.25) is 0 Å². The van der Waals surface area contributed by atoms with Crippen LogP contribution in [0.25, 0.3) is 28.7 Å². The highest BCUT2D eigenvalue weighted by atomic mass is 16.4. The lowest BCUT2D eigenvalue weighted by Gasteiger charge is -2.13. The van der Waals surface area contributed by atoms with E-state index in [0.717, 1.165) is 22.4 Å². The molecule has 4 aromatic rings. The number of rotatable bonds is 5. The molecule has 2 aromatic heterocycles. The van der Waals surface area contributed by atoms with Crippen LogP contribution < -0.4 is 0 Å². The SMILES string of the molecule is Cc1cccc(-c2nnc(-c3cc(C(=O)O)nn3-c3ccccc3C(C)C)o2)c1. The molecule has 29 heavy (non-hydrogen) atoms. The smallest absolute Gasteiger partial charge is 0.356 e. The van der Waals surface area contributed by atoms with Crippen molar-refractivity contribution in [2.24, 2.45) is 0 Å². The van der Waals surface area contributed by atoms with E-state index in [-0.39, 0.29) is 17.5 Å². The molecule has 7 heteroatoms. The third-order valence-electron chi connectivity index (χ3n) is 4.62. The molecule has 0 aliphatic rings. The molecule has 0 saturated heterocycles. The second-order valence-corrected chi connectivity index (χ2v) is 7.13. The number of aryl methyl sites for hydroxylation is 1. The van der Waals surface area contributed by atoms with Crippen molar-refractivity contribution in [3.63, 3.8) is 0 Å². The first kappa shape index (κ1) is 18.6. The van der Waals surface area contributed by atoms with Crippen LogP contribution in [0, 0.1) is 6.92 Å². The van der Waals surface area contributed by atoms with Gasteiger partial charge in [-0.3, -0.25) is 0 Å². The molecule has 0 bridgehead atoms. The van der Waals surface area contributed by atoms with Crippen molar-refractivity contribution in [1.82, 2.24) is 20.0 Å². The molecule has 0 amide bonds. The molecule has 0 saturated carbocycles. The maximum atomic E-state index is 11.6. The molecule has 2 aromatic carbocycles. The third-order valence-corrected chi connectivity index (χ3v) is 4.62. The largest absolute Gasteiger partial charge is 0.476 e. The highest BCUT2D eigenvalue weighted by molar-refractivity contribution is 5.86. The molecule has 7 nitrogen and oxygen atoms in total. The fourth-order valence-corrected chi connectivity index (χ4v) is 3.21. The molecular formula is C22H20N4O3. The van der Waals surface area contributed by atoms with Crippen molar-refractivity contribution in [3.8, 4) is 28.7 Å². The number of carboxylic acids is 1. The van der Waals surface area contributed by atoms with Crippen LogP contribution in [-0.2, 0) is 0 Å². The summed E-state index contributed by atoms with van der Waals surface area (Å²) in [5, 5.41) is 22.1. The Bertz CT molecular complexity index is 1190. The maximum absolute atomic E-state index is 11.6. The zero-order chi connectivity index (χ0) is 20.5. The summed E-state index contributed by atoms with van der Waals surface area (Å²) < 4.78 is 7.45. The van der Waals surface area contributed by atoms with E-state index < -0.39 is 5.97 Å². The van der Waals surface area contributed by atoms with Crippen LogP contribution >= 0.6 is 0 Å². The van der Waals surface area contributed by atoms with Crippen LogP contribution in [0.1, 0.15) is 41.4 Å². The van der Waals surface area contributed by atoms with Gasteiger partial charge in [0.05, 0.1) is 5.69 Å². The first-order chi connectivity index (χ1) is 13.9. The highest BCUT2D eigenvalue weighted by Crippen LogP contribution is 2.30. The van der Waals surface area contributed by atoms with Gasteiger partial charge in [0, 0.05) is 11.6 Å². The van der Waals surface area contributed by atoms with E-state index in [9.17, 15) is 9.90 Å². The van der Waals surface area contributed by atoms with Crippen molar-refractivity contribution in [3.05, 3.63) is 71.4 Å². The van der Waals surface area contributed by atoms with Gasteiger partial charge in [-0.15, -0.1) is 10.2 Å². The van der Waals surface area contributed by atoms with Gasteiger partial charge in [-0.05, 0) is 36.6 Å². The lowest BCUT2D eigenvalue weighted by atomic mass is 10.0. The fraction of sp³-hybridized carbons (Fsp3) is 0.182. The van der Waals surface area contributed by atoms with Gasteiger partial charge in [0.15, 0.2) is 5.69 Å². The number of hydrogen-bond acceptors (Lipinski definition) is 5. The second kappa shape index (κ2) is 7.35. The average molecular weight is 388 g/mol. The van der Waals surface area contributed by atoms with Gasteiger partial charge in [0.1, 0.15) is 5.69 Å². The lowest BCUT2D eigenvalue weighted by Crippen LogP contribution is -2.06. The Morgan fingerprint density at radius 1 is 1.03 bits per heavy atom. The number of carboxylic acid groups (broad SMARTS) is 1. The summed E-state index contributed by atoms with van der Waals surface area (Å²) in [5.74, 6) is -0.321. The van der Waals surface area contributed by atoms with E-state index in [0.29, 0.717) is 11.6 Å². The molecule has 0 aliphatic heterocycles. The molecule has 2 heterocycles. The highest BCUT2D eigenvalue weighted by Gasteiger charge is 2.22. The van der Waals surface area contributed by atoms with Crippen LogP contribution in [-0.4, -0.2) is 31.1 Å². The second-order valence-electron chi connectivity index (χ2n) is 7.13. The van der Waals surface area contributed by atoms with E-state index in [1.165, 1.54) is 6.07 Å². The van der Waals surface area contributed by atoms with Gasteiger partial charge in [0.2, 0.25) is 5.89 Å². The van der Waals surface area contributed by atoms with E-state index in [1.54, 1.807) is 4.68 Å². The summed E-state index contributed by atoms with van der Waals surface area (Å²) in [4.78, 5) is 11.6. The van der Waals surface area contributed by atoms with Gasteiger partial charge >= 0.3 is 5.97 Å². The van der Waals surface area contributed by atoms with Gasteiger partial charge in [0.25, 0.3) is 5.89 Å². The predicted octanol–water partition coefficient (Wildman–Crippen LogP) is 4.72. The quantitative estimate of drug-likeness (QED) is 0.532. The predicted molar refractivity (Wildman–Crippen MR) is 108 cm³/mol. The average Bonchev–Trinajstić information content (AvgIpc) is 3.35. The zero-order valence-electron chi connectivity index (χ0n) is 16.3. The monoisotopic (exact) mass is 388 g/mol. The van der Waals surface area contributed by atoms with Gasteiger partial charge in [-0.1, -0.05) is 49.7 Å². The van der Waals surface area contributed by atoms with Crippen molar-refractivity contribution < 1.29 is 14.3 Å². The normalized spacial score (nSPS) is 11.2. The van der Waals surface area contributed by atoms with Crippen LogP contribution in [0.3, 0.4) is 0 Å². The van der Waals surface area contributed by atoms with Gasteiger partial charge < -0.3 is 9.52 Å². The number of benzene rings is 2. The van der Waals surface area contributed by atoms with E-state index >= 15 is 0 Å². The summed E-state index contributed by atoms with van der Waals surface area (Å²) in [5.41, 5.74) is 4.03. The Balaban J connectivity index is 1.86. The first-order valence-corrected chi connectivity index (χ1v) is 9.27. The Hall–Kier alpha value is -3.74. The Morgan fingerprint density at radius 2 is 1.79 bits per heavy atom. The van der Waals surface area contributed by atoms with E-state index in [1.807, 2.05) is 55.5 Å². The number of para-hydroxylation sites is 1. The minimum Gasteiger partial charge on any atom is -0.476 e. The van der Waals surface area contributed by atoms with E-state index in [2.05, 4.69) is 29.1 Å². The van der Waals surface area contributed by atoms with Gasteiger partial charge in [-0.2, -0.15) is 5.10 Å². The molecule has 146 valence electrons. The topological polar surface area (TPSA) is 94.0 Å². The number of hydrogen-bond donors (Lipinski definition) is 1. The molecule has 4 rings (SSSR count). The Morgan fingerprint density at radius 3 is 2.52 bits per heavy atom. The van der Waals surface area contributed by atoms with Crippen molar-refractivity contribution in [2.45, 2.75) is 26.7 Å². The molecule has 0 atom stereocenters. The Labute approximate surface area is 167 Å². The van der Waals surface area contributed by atoms with Crippen molar-refractivity contribution >= 4 is 5.97 Å². The lowest BCUT2D eigenvalue weighted by molar-refractivity contribution is 0.0690. The summed E-state index contributed by atoms with van der Waals surface area (Å²) in [7, 11) is 0. The molecule has 0 aliphatic carbocycles. The van der Waals surface area contributed by atoms with Crippen molar-refractivity contribution in [2.75, 3.05) is 0 Å². The molecule has 1 N–H and O–H groups in total. The van der Waals surface area contributed by atoms with E-state index in [4.69, 9.17) is 4.42 Å².